The van der Waals surface area contributed by atoms with Crippen LogP contribution in [0.2, 0.25) is 0 Å². The van der Waals surface area contributed by atoms with Crippen LogP contribution < -0.4 is 0 Å². The SMILES string of the molecule is CCOC(=O)[C@@]1(C)[C@@H]2CCCO[C@@H]21. The van der Waals surface area contributed by atoms with Gasteiger partial charge in [-0.1, -0.05) is 0 Å². The normalized spacial score (nSPS) is 42.3. The summed E-state index contributed by atoms with van der Waals surface area (Å²) in [6.45, 7) is 5.07. The lowest BCUT2D eigenvalue weighted by molar-refractivity contribution is -0.150. The Kier molecular flexibility index (Phi) is 2.06. The van der Waals surface area contributed by atoms with Gasteiger partial charge in [-0.3, -0.25) is 4.79 Å². The van der Waals surface area contributed by atoms with Gasteiger partial charge in [-0.25, -0.2) is 0 Å². The number of hydrogen-bond acceptors (Lipinski definition) is 3. The highest BCUT2D eigenvalue weighted by molar-refractivity contribution is 5.81. The minimum Gasteiger partial charge on any atom is -0.465 e. The molecule has 2 fully saturated rings. The van der Waals surface area contributed by atoms with Gasteiger partial charge >= 0.3 is 5.97 Å². The first kappa shape index (κ1) is 9.00. The Morgan fingerprint density at radius 1 is 1.69 bits per heavy atom. The Morgan fingerprint density at radius 3 is 3.00 bits per heavy atom. The first-order valence-corrected chi connectivity index (χ1v) is 5.00. The second-order valence-electron chi connectivity index (χ2n) is 4.04. The maximum atomic E-state index is 11.6. The summed E-state index contributed by atoms with van der Waals surface area (Å²) in [5.41, 5.74) is -0.327. The van der Waals surface area contributed by atoms with E-state index in [1.54, 1.807) is 0 Å². The Balaban J connectivity index is 2.02. The van der Waals surface area contributed by atoms with Crippen molar-refractivity contribution < 1.29 is 14.3 Å². The number of ether oxygens (including phenoxy) is 2. The Labute approximate surface area is 78.4 Å². The summed E-state index contributed by atoms with van der Waals surface area (Å²) in [5, 5.41) is 0. The van der Waals surface area contributed by atoms with Gasteiger partial charge in [-0.2, -0.15) is 0 Å². The molecule has 0 spiro atoms. The summed E-state index contributed by atoms with van der Waals surface area (Å²) in [4.78, 5) is 11.6. The third kappa shape index (κ3) is 1.17. The maximum absolute atomic E-state index is 11.6. The molecule has 0 aromatic rings. The summed E-state index contributed by atoms with van der Waals surface area (Å²) >= 11 is 0. The molecule has 3 nitrogen and oxygen atoms in total. The van der Waals surface area contributed by atoms with E-state index in [4.69, 9.17) is 9.47 Å². The quantitative estimate of drug-likeness (QED) is 0.608. The lowest BCUT2D eigenvalue weighted by Crippen LogP contribution is -2.20. The fourth-order valence-corrected chi connectivity index (χ4v) is 2.37. The summed E-state index contributed by atoms with van der Waals surface area (Å²) < 4.78 is 10.6. The molecule has 0 unspecified atom stereocenters. The highest BCUT2D eigenvalue weighted by Crippen LogP contribution is 2.59. The molecule has 74 valence electrons. The molecule has 0 radical (unpaired) electrons. The predicted molar refractivity (Wildman–Crippen MR) is 47.2 cm³/mol. The van der Waals surface area contributed by atoms with E-state index in [0.29, 0.717) is 12.5 Å². The van der Waals surface area contributed by atoms with Crippen LogP contribution in [0.4, 0.5) is 0 Å². The molecule has 0 N–H and O–H groups in total. The molecular formula is C10H16O3. The minimum absolute atomic E-state index is 0.0769. The van der Waals surface area contributed by atoms with Crippen molar-refractivity contribution in [1.29, 1.82) is 0 Å². The van der Waals surface area contributed by atoms with Crippen molar-refractivity contribution in [3.63, 3.8) is 0 Å². The van der Waals surface area contributed by atoms with Crippen molar-refractivity contribution in [3.8, 4) is 0 Å². The van der Waals surface area contributed by atoms with Gasteiger partial charge in [0.25, 0.3) is 0 Å². The molecule has 1 saturated heterocycles. The van der Waals surface area contributed by atoms with Gasteiger partial charge < -0.3 is 9.47 Å². The molecule has 3 atom stereocenters. The number of carbonyl (C=O) groups excluding carboxylic acids is 1. The van der Waals surface area contributed by atoms with E-state index in [9.17, 15) is 4.79 Å². The number of rotatable bonds is 2. The van der Waals surface area contributed by atoms with Crippen LogP contribution in [0.15, 0.2) is 0 Å². The largest absolute Gasteiger partial charge is 0.465 e. The van der Waals surface area contributed by atoms with Crippen LogP contribution in [-0.4, -0.2) is 25.3 Å². The molecular weight excluding hydrogens is 168 g/mol. The fraction of sp³-hybridized carbons (Fsp3) is 0.900. The van der Waals surface area contributed by atoms with Gasteiger partial charge in [0.05, 0.1) is 18.1 Å². The van der Waals surface area contributed by atoms with E-state index < -0.39 is 0 Å². The van der Waals surface area contributed by atoms with Gasteiger partial charge in [0.15, 0.2) is 0 Å². The van der Waals surface area contributed by atoms with Crippen LogP contribution in [0.1, 0.15) is 26.7 Å². The van der Waals surface area contributed by atoms with E-state index in [1.807, 2.05) is 13.8 Å². The lowest BCUT2D eigenvalue weighted by atomic mass is 10.0. The number of carbonyl (C=O) groups is 1. The van der Waals surface area contributed by atoms with Crippen molar-refractivity contribution in [2.75, 3.05) is 13.2 Å². The van der Waals surface area contributed by atoms with Crippen LogP contribution in [0.3, 0.4) is 0 Å². The molecule has 1 aliphatic carbocycles. The smallest absolute Gasteiger partial charge is 0.314 e. The number of fused-ring (bicyclic) bond motifs is 1. The van der Waals surface area contributed by atoms with E-state index in [2.05, 4.69) is 0 Å². The van der Waals surface area contributed by atoms with E-state index in [0.717, 1.165) is 19.4 Å². The lowest BCUT2D eigenvalue weighted by Gasteiger charge is -2.09. The Hall–Kier alpha value is -0.570. The van der Waals surface area contributed by atoms with Crippen LogP contribution >= 0.6 is 0 Å². The number of esters is 1. The second kappa shape index (κ2) is 2.98. The molecule has 0 aromatic carbocycles. The van der Waals surface area contributed by atoms with Crippen LogP contribution in [0.5, 0.6) is 0 Å². The third-order valence-electron chi connectivity index (χ3n) is 3.29. The summed E-state index contributed by atoms with van der Waals surface area (Å²) in [6, 6.07) is 0. The zero-order valence-corrected chi connectivity index (χ0v) is 8.21. The number of hydrogen-bond donors (Lipinski definition) is 0. The topological polar surface area (TPSA) is 35.5 Å². The van der Waals surface area contributed by atoms with Crippen molar-refractivity contribution in [3.05, 3.63) is 0 Å². The highest BCUT2D eigenvalue weighted by Gasteiger charge is 2.68. The van der Waals surface area contributed by atoms with Gasteiger partial charge in [0.2, 0.25) is 0 Å². The van der Waals surface area contributed by atoms with Gasteiger partial charge in [-0.05, 0) is 26.7 Å². The van der Waals surface area contributed by atoms with Crippen molar-refractivity contribution in [1.82, 2.24) is 0 Å². The summed E-state index contributed by atoms with van der Waals surface area (Å²) in [5.74, 6) is 0.340. The summed E-state index contributed by atoms with van der Waals surface area (Å²) in [6.07, 6.45) is 2.33. The first-order valence-electron chi connectivity index (χ1n) is 5.00. The Morgan fingerprint density at radius 2 is 2.46 bits per heavy atom. The van der Waals surface area contributed by atoms with E-state index in [1.165, 1.54) is 0 Å². The Bertz CT molecular complexity index is 212. The maximum Gasteiger partial charge on any atom is 0.314 e. The molecule has 2 rings (SSSR count). The first-order chi connectivity index (χ1) is 6.21. The van der Waals surface area contributed by atoms with Crippen LogP contribution in [0, 0.1) is 11.3 Å². The van der Waals surface area contributed by atoms with Crippen LogP contribution in [-0.2, 0) is 14.3 Å². The minimum atomic E-state index is -0.327. The molecule has 0 amide bonds. The average molecular weight is 184 g/mol. The van der Waals surface area contributed by atoms with E-state index >= 15 is 0 Å². The van der Waals surface area contributed by atoms with Gasteiger partial charge in [0, 0.05) is 12.5 Å². The second-order valence-corrected chi connectivity index (χ2v) is 4.04. The standard InChI is InChI=1S/C10H16O3/c1-3-12-9(11)10(2)7-5-4-6-13-8(7)10/h7-8H,3-6H2,1-2H3/t7-,8+,10+/m1/s1. The average Bonchev–Trinajstić information content (AvgIpc) is 2.76. The van der Waals surface area contributed by atoms with Crippen molar-refractivity contribution in [2.45, 2.75) is 32.8 Å². The molecule has 1 heterocycles. The van der Waals surface area contributed by atoms with Gasteiger partial charge in [-0.15, -0.1) is 0 Å². The third-order valence-corrected chi connectivity index (χ3v) is 3.29. The van der Waals surface area contributed by atoms with Gasteiger partial charge in [0.1, 0.15) is 0 Å². The molecule has 1 saturated carbocycles. The van der Waals surface area contributed by atoms with E-state index in [-0.39, 0.29) is 17.5 Å². The monoisotopic (exact) mass is 184 g/mol. The highest BCUT2D eigenvalue weighted by atomic mass is 16.5. The predicted octanol–water partition coefficient (Wildman–Crippen LogP) is 1.36. The molecule has 2 aliphatic rings. The zero-order valence-electron chi connectivity index (χ0n) is 8.21. The van der Waals surface area contributed by atoms with Crippen molar-refractivity contribution >= 4 is 5.97 Å². The zero-order chi connectivity index (χ0) is 9.47. The molecule has 1 aliphatic heterocycles. The molecule has 0 aromatic heterocycles. The molecule has 0 bridgehead atoms. The fourth-order valence-electron chi connectivity index (χ4n) is 2.37. The molecule has 13 heavy (non-hydrogen) atoms. The van der Waals surface area contributed by atoms with Crippen molar-refractivity contribution in [2.24, 2.45) is 11.3 Å². The van der Waals surface area contributed by atoms with Crippen LogP contribution in [0.25, 0.3) is 0 Å². The summed E-state index contributed by atoms with van der Waals surface area (Å²) in [7, 11) is 0. The molecule has 3 heteroatoms.